The number of likely N-dealkylation sites (N-methyl/N-ethyl adjacent to an activating group) is 1. The average molecular weight is 222 g/mol. The first-order valence-corrected chi connectivity index (χ1v) is 5.95. The SMILES string of the molecule is CCc1ccc(F)cc1N1CC[C@H](NC)C1. The lowest BCUT2D eigenvalue weighted by molar-refractivity contribution is 0.615. The molecule has 1 aliphatic rings. The first kappa shape index (κ1) is 11.4. The molecule has 1 N–H and O–H groups in total. The highest BCUT2D eigenvalue weighted by atomic mass is 19.1. The van der Waals surface area contributed by atoms with Crippen molar-refractivity contribution in [2.24, 2.45) is 0 Å². The largest absolute Gasteiger partial charge is 0.370 e. The zero-order chi connectivity index (χ0) is 11.5. The van der Waals surface area contributed by atoms with Crippen LogP contribution in [0, 0.1) is 5.82 Å². The summed E-state index contributed by atoms with van der Waals surface area (Å²) in [4.78, 5) is 2.28. The second kappa shape index (κ2) is 4.83. The molecule has 1 fully saturated rings. The standard InChI is InChI=1S/C13H19FN2/c1-3-10-4-5-11(14)8-13(10)16-7-6-12(9-16)15-2/h4-5,8,12,15H,3,6-7,9H2,1-2H3/t12-/m0/s1. The Kier molecular flexibility index (Phi) is 3.44. The molecule has 1 atom stereocenters. The smallest absolute Gasteiger partial charge is 0.125 e. The lowest BCUT2D eigenvalue weighted by Crippen LogP contribution is -2.29. The number of halogens is 1. The maximum absolute atomic E-state index is 13.3. The van der Waals surface area contributed by atoms with Crippen molar-refractivity contribution in [1.82, 2.24) is 5.32 Å². The second-order valence-electron chi connectivity index (χ2n) is 4.35. The number of nitrogens with zero attached hydrogens (tertiary/aromatic N) is 1. The fraction of sp³-hybridized carbons (Fsp3) is 0.538. The van der Waals surface area contributed by atoms with E-state index in [2.05, 4.69) is 17.1 Å². The molecule has 2 rings (SSSR count). The maximum atomic E-state index is 13.3. The van der Waals surface area contributed by atoms with Crippen LogP contribution in [0.3, 0.4) is 0 Å². The van der Waals surface area contributed by atoms with Gasteiger partial charge in [0.05, 0.1) is 0 Å². The van der Waals surface area contributed by atoms with Gasteiger partial charge in [-0.1, -0.05) is 13.0 Å². The van der Waals surface area contributed by atoms with E-state index in [1.807, 2.05) is 13.1 Å². The number of hydrogen-bond donors (Lipinski definition) is 1. The molecule has 1 saturated heterocycles. The van der Waals surface area contributed by atoms with Gasteiger partial charge in [-0.3, -0.25) is 0 Å². The van der Waals surface area contributed by atoms with Gasteiger partial charge in [-0.25, -0.2) is 4.39 Å². The van der Waals surface area contributed by atoms with Crippen LogP contribution in [0.15, 0.2) is 18.2 Å². The van der Waals surface area contributed by atoms with E-state index in [1.54, 1.807) is 12.1 Å². The van der Waals surface area contributed by atoms with Crippen LogP contribution in [-0.2, 0) is 6.42 Å². The molecule has 1 aromatic carbocycles. The van der Waals surface area contributed by atoms with Gasteiger partial charge in [-0.2, -0.15) is 0 Å². The molecule has 2 nitrogen and oxygen atoms in total. The van der Waals surface area contributed by atoms with Crippen molar-refractivity contribution in [2.45, 2.75) is 25.8 Å². The summed E-state index contributed by atoms with van der Waals surface area (Å²) < 4.78 is 13.3. The fourth-order valence-electron chi connectivity index (χ4n) is 2.35. The Labute approximate surface area is 96.5 Å². The molecule has 0 aromatic heterocycles. The van der Waals surface area contributed by atoms with Crippen LogP contribution in [-0.4, -0.2) is 26.2 Å². The van der Waals surface area contributed by atoms with Gasteiger partial charge in [0.25, 0.3) is 0 Å². The number of rotatable bonds is 3. The Morgan fingerprint density at radius 1 is 1.50 bits per heavy atom. The monoisotopic (exact) mass is 222 g/mol. The van der Waals surface area contributed by atoms with Crippen LogP contribution in [0.25, 0.3) is 0 Å². The van der Waals surface area contributed by atoms with Crippen molar-refractivity contribution in [2.75, 3.05) is 25.0 Å². The minimum atomic E-state index is -0.139. The normalized spacial score (nSPS) is 20.4. The predicted octanol–water partition coefficient (Wildman–Crippen LogP) is 2.19. The van der Waals surface area contributed by atoms with Crippen molar-refractivity contribution in [3.05, 3.63) is 29.6 Å². The molecule has 0 radical (unpaired) electrons. The molecule has 88 valence electrons. The van der Waals surface area contributed by atoms with Crippen molar-refractivity contribution < 1.29 is 4.39 Å². The van der Waals surface area contributed by atoms with E-state index in [0.717, 1.165) is 31.6 Å². The minimum Gasteiger partial charge on any atom is -0.370 e. The number of nitrogens with one attached hydrogen (secondary N) is 1. The Morgan fingerprint density at radius 3 is 2.94 bits per heavy atom. The second-order valence-corrected chi connectivity index (χ2v) is 4.35. The van der Waals surface area contributed by atoms with Crippen LogP contribution >= 0.6 is 0 Å². The number of anilines is 1. The molecule has 0 aliphatic carbocycles. The van der Waals surface area contributed by atoms with Crippen LogP contribution < -0.4 is 10.2 Å². The third-order valence-electron chi connectivity index (χ3n) is 3.37. The number of benzene rings is 1. The summed E-state index contributed by atoms with van der Waals surface area (Å²) in [5.74, 6) is -0.139. The molecule has 0 spiro atoms. The zero-order valence-electron chi connectivity index (χ0n) is 9.96. The minimum absolute atomic E-state index is 0.139. The lowest BCUT2D eigenvalue weighted by Gasteiger charge is -2.21. The van der Waals surface area contributed by atoms with Gasteiger partial charge in [0.2, 0.25) is 0 Å². The third-order valence-corrected chi connectivity index (χ3v) is 3.37. The van der Waals surface area contributed by atoms with E-state index < -0.39 is 0 Å². The molecule has 0 amide bonds. The van der Waals surface area contributed by atoms with Crippen LogP contribution in [0.2, 0.25) is 0 Å². The Balaban J connectivity index is 2.22. The van der Waals surface area contributed by atoms with Crippen molar-refractivity contribution in [3.63, 3.8) is 0 Å². The quantitative estimate of drug-likeness (QED) is 0.843. The summed E-state index contributed by atoms with van der Waals surface area (Å²) >= 11 is 0. The van der Waals surface area contributed by atoms with Crippen LogP contribution in [0.1, 0.15) is 18.9 Å². The highest BCUT2D eigenvalue weighted by Gasteiger charge is 2.22. The summed E-state index contributed by atoms with van der Waals surface area (Å²) in [6, 6.07) is 5.65. The van der Waals surface area contributed by atoms with Gasteiger partial charge < -0.3 is 10.2 Å². The van der Waals surface area contributed by atoms with E-state index in [4.69, 9.17) is 0 Å². The first-order chi connectivity index (χ1) is 7.74. The van der Waals surface area contributed by atoms with Crippen molar-refractivity contribution in [3.8, 4) is 0 Å². The van der Waals surface area contributed by atoms with E-state index >= 15 is 0 Å². The molecule has 0 saturated carbocycles. The molecular weight excluding hydrogens is 203 g/mol. The van der Waals surface area contributed by atoms with E-state index in [0.29, 0.717) is 6.04 Å². The summed E-state index contributed by atoms with van der Waals surface area (Å²) in [6.45, 7) is 4.11. The molecule has 0 bridgehead atoms. The van der Waals surface area contributed by atoms with Crippen molar-refractivity contribution in [1.29, 1.82) is 0 Å². The molecule has 3 heteroatoms. The summed E-state index contributed by atoms with van der Waals surface area (Å²) in [5.41, 5.74) is 2.30. The Morgan fingerprint density at radius 2 is 2.31 bits per heavy atom. The topological polar surface area (TPSA) is 15.3 Å². The molecule has 0 unspecified atom stereocenters. The van der Waals surface area contributed by atoms with Crippen LogP contribution in [0.4, 0.5) is 10.1 Å². The van der Waals surface area contributed by atoms with Gasteiger partial charge in [0.1, 0.15) is 5.82 Å². The summed E-state index contributed by atoms with van der Waals surface area (Å²) in [7, 11) is 1.99. The summed E-state index contributed by atoms with van der Waals surface area (Å²) in [5, 5.41) is 3.28. The third kappa shape index (κ3) is 2.19. The van der Waals surface area contributed by atoms with Gasteiger partial charge in [-0.15, -0.1) is 0 Å². The van der Waals surface area contributed by atoms with E-state index in [-0.39, 0.29) is 5.82 Å². The highest BCUT2D eigenvalue weighted by molar-refractivity contribution is 5.55. The first-order valence-electron chi connectivity index (χ1n) is 5.95. The van der Waals surface area contributed by atoms with Gasteiger partial charge in [0.15, 0.2) is 0 Å². The fourth-order valence-corrected chi connectivity index (χ4v) is 2.35. The molecule has 1 aliphatic heterocycles. The molecule has 1 aromatic rings. The van der Waals surface area contributed by atoms with Crippen LogP contribution in [0.5, 0.6) is 0 Å². The summed E-state index contributed by atoms with van der Waals surface area (Å²) in [6.07, 6.45) is 2.09. The lowest BCUT2D eigenvalue weighted by atomic mass is 10.1. The van der Waals surface area contributed by atoms with E-state index in [1.165, 1.54) is 5.56 Å². The predicted molar refractivity (Wildman–Crippen MR) is 65.5 cm³/mol. The average Bonchev–Trinajstić information content (AvgIpc) is 2.77. The van der Waals surface area contributed by atoms with Gasteiger partial charge in [-0.05, 0) is 37.6 Å². The Hall–Kier alpha value is -1.09. The number of hydrogen-bond acceptors (Lipinski definition) is 2. The number of aryl methyl sites for hydroxylation is 1. The Bertz CT molecular complexity index is 365. The zero-order valence-corrected chi connectivity index (χ0v) is 9.96. The highest BCUT2D eigenvalue weighted by Crippen LogP contribution is 2.26. The molecule has 1 heterocycles. The van der Waals surface area contributed by atoms with E-state index in [9.17, 15) is 4.39 Å². The molecular formula is C13H19FN2. The van der Waals surface area contributed by atoms with Gasteiger partial charge in [0, 0.05) is 24.8 Å². The molecule has 16 heavy (non-hydrogen) atoms. The van der Waals surface area contributed by atoms with Crippen molar-refractivity contribution >= 4 is 5.69 Å². The van der Waals surface area contributed by atoms with Gasteiger partial charge >= 0.3 is 0 Å². The maximum Gasteiger partial charge on any atom is 0.125 e.